The second kappa shape index (κ2) is 11.4. The highest BCUT2D eigenvalue weighted by Crippen LogP contribution is 2.61. The molecule has 0 saturated heterocycles. The Morgan fingerprint density at radius 1 is 0.717 bits per heavy atom. The maximum atomic E-state index is 6.78. The number of aryl methyl sites for hydroxylation is 1. The predicted molar refractivity (Wildman–Crippen MR) is 198 cm³/mol. The molecule has 2 nitrogen and oxygen atoms in total. The largest absolute Gasteiger partial charge is 0.334 e. The van der Waals surface area contributed by atoms with Crippen LogP contribution in [0.5, 0.6) is 0 Å². The van der Waals surface area contributed by atoms with Gasteiger partial charge in [-0.25, -0.2) is 0 Å². The molecule has 0 aromatic heterocycles. The third-order valence-corrected chi connectivity index (χ3v) is 11.0. The highest BCUT2D eigenvalue weighted by molar-refractivity contribution is 6.31. The first kappa shape index (κ1) is 30.6. The summed E-state index contributed by atoms with van der Waals surface area (Å²) in [7, 11) is 0. The zero-order valence-electron chi connectivity index (χ0n) is 28.1. The molecule has 5 aromatic carbocycles. The first-order valence-electron chi connectivity index (χ1n) is 16.8. The van der Waals surface area contributed by atoms with Crippen molar-refractivity contribution in [3.63, 3.8) is 0 Å². The van der Waals surface area contributed by atoms with Crippen LogP contribution in [0.1, 0.15) is 77.0 Å². The van der Waals surface area contributed by atoms with Gasteiger partial charge in [0.05, 0.1) is 11.2 Å². The lowest BCUT2D eigenvalue weighted by atomic mass is 9.61. The Bertz CT molecular complexity index is 1880. The summed E-state index contributed by atoms with van der Waals surface area (Å²) >= 11 is 6.78. The third-order valence-electron chi connectivity index (χ3n) is 10.8. The molecule has 2 aliphatic rings. The number of nitrogens with zero attached hydrogens (tertiary/aromatic N) is 2. The van der Waals surface area contributed by atoms with Crippen LogP contribution < -0.4 is 9.80 Å². The number of hydrogen-bond acceptors (Lipinski definition) is 2. The van der Waals surface area contributed by atoms with E-state index < -0.39 is 0 Å². The minimum absolute atomic E-state index is 0.00537. The normalized spacial score (nSPS) is 20.7. The van der Waals surface area contributed by atoms with Crippen molar-refractivity contribution in [1.29, 1.82) is 0 Å². The highest BCUT2D eigenvalue weighted by atomic mass is 35.5. The number of rotatable bonds is 5. The molecule has 7 rings (SSSR count). The molecule has 5 aromatic rings. The van der Waals surface area contributed by atoms with Crippen LogP contribution in [-0.2, 0) is 10.8 Å². The predicted octanol–water partition coefficient (Wildman–Crippen LogP) is 12.8. The summed E-state index contributed by atoms with van der Waals surface area (Å²) in [4.78, 5) is 5.06. The fourth-order valence-corrected chi connectivity index (χ4v) is 8.48. The molecule has 0 radical (unpaired) electrons. The molecule has 1 aliphatic carbocycles. The van der Waals surface area contributed by atoms with E-state index in [1.165, 1.54) is 59.3 Å². The van der Waals surface area contributed by atoms with Crippen molar-refractivity contribution in [3.05, 3.63) is 137 Å². The van der Waals surface area contributed by atoms with Crippen molar-refractivity contribution >= 4 is 40.0 Å². The summed E-state index contributed by atoms with van der Waals surface area (Å²) in [5, 5.41) is 0.739. The Morgan fingerprint density at radius 2 is 1.46 bits per heavy atom. The van der Waals surface area contributed by atoms with Crippen molar-refractivity contribution in [2.24, 2.45) is 0 Å². The van der Waals surface area contributed by atoms with Gasteiger partial charge in [0, 0.05) is 38.8 Å². The van der Waals surface area contributed by atoms with E-state index in [1.807, 2.05) is 6.07 Å². The standard InChI is InChI=1S/C43H45ClN2/c1-30-25-33(44)28-36(26-30)45(39-22-21-32(41(2,3)4)27-37(39)31-15-8-7-9-16-31)34-17-14-18-35(29-34)46-40-20-11-10-19-38(40)42(5)23-12-13-24-43(42,46)6/h7-11,14-22,25-29H,12-13,23-24H2,1-6H3. The first-order chi connectivity index (χ1) is 22.0. The lowest BCUT2D eigenvalue weighted by Gasteiger charge is -2.50. The summed E-state index contributed by atoms with van der Waals surface area (Å²) in [6.07, 6.45) is 4.92. The molecule has 0 bridgehead atoms. The smallest absolute Gasteiger partial charge is 0.0540 e. The van der Waals surface area contributed by atoms with E-state index in [-0.39, 0.29) is 16.4 Å². The van der Waals surface area contributed by atoms with E-state index in [4.69, 9.17) is 11.6 Å². The number of para-hydroxylation sites is 1. The van der Waals surface area contributed by atoms with Gasteiger partial charge in [0.15, 0.2) is 0 Å². The Labute approximate surface area is 280 Å². The number of halogens is 1. The van der Waals surface area contributed by atoms with Gasteiger partial charge in [0.2, 0.25) is 0 Å². The van der Waals surface area contributed by atoms with E-state index in [1.54, 1.807) is 0 Å². The molecular formula is C43H45ClN2. The van der Waals surface area contributed by atoms with Crippen LogP contribution in [0.3, 0.4) is 0 Å². The summed E-state index contributed by atoms with van der Waals surface area (Å²) in [6.45, 7) is 14.0. The number of anilines is 5. The molecule has 1 saturated carbocycles. The molecule has 2 unspecified atom stereocenters. The minimum atomic E-state index is -0.00537. The van der Waals surface area contributed by atoms with Gasteiger partial charge in [-0.3, -0.25) is 0 Å². The van der Waals surface area contributed by atoms with E-state index in [9.17, 15) is 0 Å². The maximum absolute atomic E-state index is 6.78. The Morgan fingerprint density at radius 3 is 2.22 bits per heavy atom. The van der Waals surface area contributed by atoms with Gasteiger partial charge in [0.1, 0.15) is 0 Å². The van der Waals surface area contributed by atoms with Crippen molar-refractivity contribution in [2.75, 3.05) is 9.80 Å². The van der Waals surface area contributed by atoms with Crippen LogP contribution in [-0.4, -0.2) is 5.54 Å². The minimum Gasteiger partial charge on any atom is -0.334 e. The van der Waals surface area contributed by atoms with Crippen molar-refractivity contribution in [3.8, 4) is 11.1 Å². The molecule has 3 heteroatoms. The lowest BCUT2D eigenvalue weighted by molar-refractivity contribution is 0.195. The molecule has 1 fully saturated rings. The second-order valence-electron chi connectivity index (χ2n) is 14.9. The lowest BCUT2D eigenvalue weighted by Crippen LogP contribution is -2.54. The van der Waals surface area contributed by atoms with Crippen LogP contribution >= 0.6 is 11.6 Å². The van der Waals surface area contributed by atoms with E-state index >= 15 is 0 Å². The van der Waals surface area contributed by atoms with E-state index in [0.29, 0.717) is 0 Å². The molecule has 1 aliphatic heterocycles. The molecule has 2 atom stereocenters. The van der Waals surface area contributed by atoms with Gasteiger partial charge in [-0.2, -0.15) is 0 Å². The fraction of sp³-hybridized carbons (Fsp3) is 0.302. The second-order valence-corrected chi connectivity index (χ2v) is 15.3. The summed E-state index contributed by atoms with van der Waals surface area (Å²) in [5.74, 6) is 0. The van der Waals surface area contributed by atoms with Gasteiger partial charge in [-0.1, -0.05) is 113 Å². The average molecular weight is 625 g/mol. The summed E-state index contributed by atoms with van der Waals surface area (Å²) in [5.41, 5.74) is 12.3. The Balaban J connectivity index is 1.46. The van der Waals surface area contributed by atoms with Crippen LogP contribution in [0.25, 0.3) is 11.1 Å². The van der Waals surface area contributed by atoms with Gasteiger partial charge in [0.25, 0.3) is 0 Å². The zero-order valence-corrected chi connectivity index (χ0v) is 28.8. The number of benzene rings is 5. The van der Waals surface area contributed by atoms with Crippen LogP contribution in [0, 0.1) is 6.92 Å². The molecule has 1 heterocycles. The monoisotopic (exact) mass is 624 g/mol. The maximum Gasteiger partial charge on any atom is 0.0540 e. The molecule has 234 valence electrons. The topological polar surface area (TPSA) is 6.48 Å². The first-order valence-corrected chi connectivity index (χ1v) is 17.1. The number of hydrogen-bond donors (Lipinski definition) is 0. The quantitative estimate of drug-likeness (QED) is 0.192. The molecule has 0 amide bonds. The van der Waals surface area contributed by atoms with Gasteiger partial charge in [-0.05, 0) is 109 Å². The van der Waals surface area contributed by atoms with Gasteiger partial charge >= 0.3 is 0 Å². The molecular weight excluding hydrogens is 580 g/mol. The van der Waals surface area contributed by atoms with Crippen molar-refractivity contribution in [1.82, 2.24) is 0 Å². The van der Waals surface area contributed by atoms with Gasteiger partial charge < -0.3 is 9.80 Å². The Kier molecular flexibility index (Phi) is 7.56. The molecule has 0 N–H and O–H groups in total. The van der Waals surface area contributed by atoms with E-state index in [0.717, 1.165) is 27.6 Å². The third kappa shape index (κ3) is 5.03. The summed E-state index contributed by atoms with van der Waals surface area (Å²) < 4.78 is 0. The fourth-order valence-electron chi connectivity index (χ4n) is 8.19. The highest BCUT2D eigenvalue weighted by Gasteiger charge is 2.57. The average Bonchev–Trinajstić information content (AvgIpc) is 3.24. The van der Waals surface area contributed by atoms with Gasteiger partial charge in [-0.15, -0.1) is 0 Å². The summed E-state index contributed by atoms with van der Waals surface area (Å²) in [6, 6.07) is 42.4. The van der Waals surface area contributed by atoms with E-state index in [2.05, 4.69) is 161 Å². The molecule has 46 heavy (non-hydrogen) atoms. The van der Waals surface area contributed by atoms with Crippen LogP contribution in [0.2, 0.25) is 5.02 Å². The zero-order chi connectivity index (χ0) is 32.3. The SMILES string of the molecule is Cc1cc(Cl)cc(N(c2cccc(N3c4ccccc4C4(C)CCCCC34C)c2)c2ccc(C(C)(C)C)cc2-c2ccccc2)c1. The van der Waals surface area contributed by atoms with Crippen molar-refractivity contribution in [2.45, 2.75) is 83.6 Å². The van der Waals surface area contributed by atoms with Crippen LogP contribution in [0.4, 0.5) is 28.4 Å². The number of fused-ring (bicyclic) bond motifs is 3. The Hall–Kier alpha value is -4.01. The molecule has 0 spiro atoms. The van der Waals surface area contributed by atoms with Crippen LogP contribution in [0.15, 0.2) is 115 Å². The van der Waals surface area contributed by atoms with Crippen molar-refractivity contribution < 1.29 is 0 Å².